The number of morpholine rings is 1. The van der Waals surface area contributed by atoms with E-state index in [4.69, 9.17) is 4.74 Å². The number of hydrogen-bond acceptors (Lipinski definition) is 7. The first kappa shape index (κ1) is 32.8. The van der Waals surface area contributed by atoms with Crippen molar-refractivity contribution in [3.05, 3.63) is 99.5 Å². The van der Waals surface area contributed by atoms with Crippen LogP contribution in [-0.4, -0.2) is 65.9 Å². The fraction of sp³-hybridized carbons (Fsp3) is 0.371. The van der Waals surface area contributed by atoms with Crippen molar-refractivity contribution in [2.45, 2.75) is 32.9 Å². The Morgan fingerprint density at radius 3 is 2.52 bits per heavy atom. The van der Waals surface area contributed by atoms with Crippen molar-refractivity contribution >= 4 is 23.2 Å². The van der Waals surface area contributed by atoms with Gasteiger partial charge < -0.3 is 25.6 Å². The Balaban J connectivity index is 1.38. The van der Waals surface area contributed by atoms with Crippen LogP contribution in [0.4, 0.5) is 15.8 Å². The number of nitrogens with zero attached hydrogens (tertiary/aromatic N) is 3. The van der Waals surface area contributed by atoms with Crippen LogP contribution in [-0.2, 0) is 28.7 Å². The lowest BCUT2D eigenvalue weighted by Gasteiger charge is -2.30. The molecule has 3 aromatic rings. The van der Waals surface area contributed by atoms with Gasteiger partial charge in [-0.3, -0.25) is 14.4 Å². The van der Waals surface area contributed by atoms with Gasteiger partial charge in [0.15, 0.2) is 0 Å². The van der Waals surface area contributed by atoms with Crippen LogP contribution < -0.4 is 21.5 Å². The molecule has 0 radical (unpaired) electrons. The van der Waals surface area contributed by atoms with Gasteiger partial charge in [-0.15, -0.1) is 0 Å². The number of alkyl halides is 1. The van der Waals surface area contributed by atoms with Crippen molar-refractivity contribution < 1.29 is 18.7 Å². The van der Waals surface area contributed by atoms with E-state index in [0.29, 0.717) is 67.6 Å². The average molecular weight is 629 g/mol. The zero-order valence-electron chi connectivity index (χ0n) is 26.7. The zero-order chi connectivity index (χ0) is 32.8. The van der Waals surface area contributed by atoms with Crippen LogP contribution >= 0.6 is 0 Å². The number of hydrogen-bond donors (Lipinski definition) is 3. The monoisotopic (exact) mass is 628 g/mol. The summed E-state index contributed by atoms with van der Waals surface area (Å²) in [6, 6.07) is 14.0. The van der Waals surface area contributed by atoms with Crippen LogP contribution in [0, 0.1) is 5.92 Å². The first-order valence-corrected chi connectivity index (χ1v) is 15.5. The second-order valence-electron chi connectivity index (χ2n) is 12.5. The molecule has 1 fully saturated rings. The van der Waals surface area contributed by atoms with Crippen LogP contribution in [0.15, 0.2) is 77.3 Å². The highest BCUT2D eigenvalue weighted by Crippen LogP contribution is 2.30. The minimum atomic E-state index is -0.861. The average Bonchev–Trinajstić information content (AvgIpc) is 3.04. The number of aryl methyl sites for hydroxylation is 1. The summed E-state index contributed by atoms with van der Waals surface area (Å²) in [7, 11) is 1.53. The molecule has 0 spiro atoms. The van der Waals surface area contributed by atoms with Crippen molar-refractivity contribution in [2.75, 3.05) is 50.0 Å². The minimum absolute atomic E-state index is 0.0306. The van der Waals surface area contributed by atoms with Gasteiger partial charge in [-0.1, -0.05) is 51.1 Å². The Morgan fingerprint density at radius 2 is 1.83 bits per heavy atom. The molecule has 2 aliphatic heterocycles. The maximum absolute atomic E-state index is 14.6. The lowest BCUT2D eigenvalue weighted by molar-refractivity contribution is -0.137. The van der Waals surface area contributed by atoms with Gasteiger partial charge in [0.1, 0.15) is 12.4 Å². The summed E-state index contributed by atoms with van der Waals surface area (Å²) in [6.45, 7) is 8.62. The number of rotatable bonds is 7. The molecule has 1 saturated heterocycles. The normalized spacial score (nSPS) is 17.1. The summed E-state index contributed by atoms with van der Waals surface area (Å²) in [5.41, 5.74) is 3.37. The summed E-state index contributed by atoms with van der Waals surface area (Å²) in [4.78, 5) is 41.2. The van der Waals surface area contributed by atoms with Gasteiger partial charge in [0, 0.05) is 61.3 Å². The molecule has 2 amide bonds. The highest BCUT2D eigenvalue weighted by atomic mass is 19.1. The topological polar surface area (TPSA) is 118 Å². The van der Waals surface area contributed by atoms with Gasteiger partial charge >= 0.3 is 0 Å². The molecule has 1 aromatic heterocycles. The number of nitrogens with one attached hydrogen (secondary N) is 3. The Hall–Kier alpha value is -4.61. The zero-order valence-corrected chi connectivity index (χ0v) is 26.7. The van der Waals surface area contributed by atoms with Crippen LogP contribution in [0.2, 0.25) is 0 Å². The highest BCUT2D eigenvalue weighted by molar-refractivity contribution is 6.05. The van der Waals surface area contributed by atoms with Gasteiger partial charge in [0.2, 0.25) is 5.91 Å². The number of allylic oxidation sites excluding steroid dienone is 1. The Bertz CT molecular complexity index is 1700. The fourth-order valence-corrected chi connectivity index (χ4v) is 5.45. The molecule has 2 aromatic carbocycles. The molecule has 2 aliphatic rings. The fourth-order valence-electron chi connectivity index (χ4n) is 5.45. The van der Waals surface area contributed by atoms with E-state index in [9.17, 15) is 18.8 Å². The highest BCUT2D eigenvalue weighted by Gasteiger charge is 2.24. The van der Waals surface area contributed by atoms with Crippen LogP contribution in [0.1, 0.15) is 42.3 Å². The molecule has 3 heterocycles. The van der Waals surface area contributed by atoms with Crippen molar-refractivity contribution in [3.63, 3.8) is 0 Å². The predicted molar refractivity (Wildman–Crippen MR) is 177 cm³/mol. The summed E-state index contributed by atoms with van der Waals surface area (Å²) in [6.07, 6.45) is 5.53. The maximum Gasteiger partial charge on any atom is 0.290 e. The number of aromatic nitrogens is 2. The lowest BCUT2D eigenvalue weighted by atomic mass is 9.86. The van der Waals surface area contributed by atoms with E-state index in [2.05, 4.69) is 41.8 Å². The van der Waals surface area contributed by atoms with E-state index < -0.39 is 6.67 Å². The first-order chi connectivity index (χ1) is 22.0. The second kappa shape index (κ2) is 14.2. The molecule has 3 N–H and O–H groups in total. The van der Waals surface area contributed by atoms with Gasteiger partial charge in [0.05, 0.1) is 24.8 Å². The Morgan fingerprint density at radius 1 is 1.09 bits per heavy atom. The van der Waals surface area contributed by atoms with E-state index in [1.165, 1.54) is 11.7 Å². The Labute approximate surface area is 268 Å². The summed E-state index contributed by atoms with van der Waals surface area (Å²) in [5.74, 6) is -0.686. The van der Waals surface area contributed by atoms with E-state index in [1.807, 2.05) is 29.2 Å². The van der Waals surface area contributed by atoms with Crippen molar-refractivity contribution in [1.29, 1.82) is 0 Å². The molecular formula is C35H41FN6O4. The number of anilines is 2. The Kier molecular flexibility index (Phi) is 10.1. The summed E-state index contributed by atoms with van der Waals surface area (Å²) < 4.78 is 21.2. The molecule has 10 nitrogen and oxygen atoms in total. The number of carbonyl (C=O) groups is 2. The summed E-state index contributed by atoms with van der Waals surface area (Å²) in [5, 5.41) is 13.7. The van der Waals surface area contributed by atoms with E-state index in [1.54, 1.807) is 42.5 Å². The molecular weight excluding hydrogens is 587 g/mol. The lowest BCUT2D eigenvalue weighted by Crippen LogP contribution is -2.45. The third-order valence-corrected chi connectivity index (χ3v) is 8.17. The molecule has 0 saturated carbocycles. The SMILES string of the molecule is Cn1nc(-c2cccc(NC(=O)c3ccc(C(C)(C)C)cc3)c2CF)cc(NC2=CCNCC(C(=O)N3CCOCC3)C=C2)c1=O. The minimum Gasteiger partial charge on any atom is -0.378 e. The number of amides is 2. The largest absolute Gasteiger partial charge is 0.378 e. The first-order valence-electron chi connectivity index (χ1n) is 15.5. The van der Waals surface area contributed by atoms with Crippen molar-refractivity contribution in [1.82, 2.24) is 20.0 Å². The molecule has 1 unspecified atom stereocenters. The van der Waals surface area contributed by atoms with Crippen LogP contribution in [0.5, 0.6) is 0 Å². The van der Waals surface area contributed by atoms with Gasteiger partial charge in [-0.05, 0) is 47.4 Å². The standard InChI is InChI=1S/C35H41FN6O4/c1-35(2,3)25-11-8-23(9-12-25)32(43)39-29-7-5-6-27(28(29)21-36)30-20-31(34(45)41(4)40-30)38-26-13-10-24(22-37-15-14-26)33(44)42-16-18-46-19-17-42/h5-14,20,24,37-38H,15-19,21-22H2,1-4H3,(H,39,43). The molecule has 1 atom stereocenters. The maximum atomic E-state index is 14.6. The molecule has 5 rings (SSSR count). The number of benzene rings is 2. The summed E-state index contributed by atoms with van der Waals surface area (Å²) >= 11 is 0. The smallest absolute Gasteiger partial charge is 0.290 e. The van der Waals surface area contributed by atoms with Crippen molar-refractivity contribution in [2.24, 2.45) is 13.0 Å². The third kappa shape index (κ3) is 7.60. The number of halogens is 1. The second-order valence-corrected chi connectivity index (χ2v) is 12.5. The number of carbonyl (C=O) groups excluding carboxylic acids is 2. The van der Waals surface area contributed by atoms with Crippen LogP contribution in [0.3, 0.4) is 0 Å². The molecule has 0 bridgehead atoms. The van der Waals surface area contributed by atoms with Crippen LogP contribution in [0.25, 0.3) is 11.3 Å². The molecule has 46 heavy (non-hydrogen) atoms. The third-order valence-electron chi connectivity index (χ3n) is 8.17. The van der Waals surface area contributed by atoms with Crippen molar-refractivity contribution in [3.8, 4) is 11.3 Å². The van der Waals surface area contributed by atoms with Gasteiger partial charge in [0.25, 0.3) is 11.5 Å². The quantitative estimate of drug-likeness (QED) is 0.355. The molecule has 11 heteroatoms. The predicted octanol–water partition coefficient (Wildman–Crippen LogP) is 4.40. The molecule has 242 valence electrons. The molecule has 0 aliphatic carbocycles. The van der Waals surface area contributed by atoms with Gasteiger partial charge in [-0.2, -0.15) is 5.10 Å². The van der Waals surface area contributed by atoms with Gasteiger partial charge in [-0.25, -0.2) is 9.07 Å². The number of ether oxygens (including phenoxy) is 1. The van der Waals surface area contributed by atoms with E-state index in [0.717, 1.165) is 5.56 Å². The van der Waals surface area contributed by atoms with E-state index >= 15 is 0 Å². The van der Waals surface area contributed by atoms with E-state index in [-0.39, 0.29) is 40.0 Å².